The van der Waals surface area contributed by atoms with Gasteiger partial charge in [0.05, 0.1) is 24.2 Å². The van der Waals surface area contributed by atoms with E-state index in [0.29, 0.717) is 42.4 Å². The first-order valence-corrected chi connectivity index (χ1v) is 8.17. The number of hydrogen-bond donors (Lipinski definition) is 2. The van der Waals surface area contributed by atoms with Gasteiger partial charge >= 0.3 is 0 Å². The molecule has 3 N–H and O–H groups in total. The largest absolute Gasteiger partial charge is 0.489 e. The van der Waals surface area contributed by atoms with Crippen molar-refractivity contribution < 1.29 is 13.9 Å². The quantitative estimate of drug-likeness (QED) is 0.706. The van der Waals surface area contributed by atoms with Gasteiger partial charge in [-0.25, -0.2) is 9.98 Å². The van der Waals surface area contributed by atoms with E-state index in [1.54, 1.807) is 0 Å². The summed E-state index contributed by atoms with van der Waals surface area (Å²) in [5.41, 5.74) is 7.60. The Bertz CT molecular complexity index is 1000. The molecule has 1 atom stereocenters. The van der Waals surface area contributed by atoms with Crippen molar-refractivity contribution in [1.29, 1.82) is 0 Å². The third kappa shape index (κ3) is 2.21. The van der Waals surface area contributed by atoms with Crippen LogP contribution in [-0.4, -0.2) is 28.7 Å². The maximum atomic E-state index is 5.94. The van der Waals surface area contributed by atoms with E-state index in [1.165, 1.54) is 0 Å². The summed E-state index contributed by atoms with van der Waals surface area (Å²) in [6.07, 6.45) is 0.438. The molecule has 2 aromatic heterocycles. The second kappa shape index (κ2) is 5.17. The number of nitrogens with two attached hydrogens (primary N) is 1. The fourth-order valence-corrected chi connectivity index (χ4v) is 3.21. The van der Waals surface area contributed by atoms with Crippen molar-refractivity contribution in [2.75, 3.05) is 18.5 Å². The topological polar surface area (TPSA) is 99.8 Å². The number of aromatic nitrogens is 2. The van der Waals surface area contributed by atoms with Crippen molar-refractivity contribution >= 4 is 22.9 Å². The summed E-state index contributed by atoms with van der Waals surface area (Å²) in [4.78, 5) is 9.14. The monoisotopic (exact) mass is 339 g/mol. The van der Waals surface area contributed by atoms with Crippen LogP contribution in [-0.2, 0) is 0 Å². The smallest absolute Gasteiger partial charge is 0.212 e. The van der Waals surface area contributed by atoms with E-state index in [1.807, 2.05) is 35.8 Å². The van der Waals surface area contributed by atoms with E-state index >= 15 is 0 Å². The van der Waals surface area contributed by atoms with Crippen LogP contribution in [0.15, 0.2) is 33.7 Å². The Labute approximate surface area is 143 Å². The fourth-order valence-electron chi connectivity index (χ4n) is 3.21. The molecule has 0 aliphatic carbocycles. The van der Waals surface area contributed by atoms with Gasteiger partial charge in [-0.15, -0.1) is 0 Å². The van der Waals surface area contributed by atoms with Gasteiger partial charge in [-0.2, -0.15) is 0 Å². The van der Waals surface area contributed by atoms with Crippen LogP contribution in [0.1, 0.15) is 24.1 Å². The highest BCUT2D eigenvalue weighted by Gasteiger charge is 2.28. The molecule has 1 aromatic carbocycles. The number of guanidine groups is 1. The number of benzene rings is 1. The first-order chi connectivity index (χ1) is 12.2. The van der Waals surface area contributed by atoms with Crippen LogP contribution in [0, 0.1) is 6.92 Å². The molecule has 1 unspecified atom stereocenters. The molecule has 2 aliphatic heterocycles. The molecule has 0 amide bonds. The highest BCUT2D eigenvalue weighted by molar-refractivity contribution is 5.95. The predicted molar refractivity (Wildman–Crippen MR) is 92.2 cm³/mol. The van der Waals surface area contributed by atoms with Crippen LogP contribution in [0.25, 0.3) is 11.0 Å². The summed E-state index contributed by atoms with van der Waals surface area (Å²) in [6.45, 7) is 3.16. The molecule has 0 spiro atoms. The number of rotatable bonds is 1. The SMILES string of the molecule is Cc1ccc(C2N=C(N)Nc3nc4cc5c(cc4n32)OCCCO5)o1. The highest BCUT2D eigenvalue weighted by atomic mass is 16.5. The van der Waals surface area contributed by atoms with Crippen molar-refractivity contribution in [3.05, 3.63) is 35.8 Å². The van der Waals surface area contributed by atoms with Crippen molar-refractivity contribution in [3.63, 3.8) is 0 Å². The van der Waals surface area contributed by atoms with Gasteiger partial charge in [0, 0.05) is 18.6 Å². The van der Waals surface area contributed by atoms with Gasteiger partial charge in [0.2, 0.25) is 5.95 Å². The average Bonchev–Trinajstić information content (AvgIpc) is 3.08. The number of aryl methyl sites for hydroxylation is 1. The van der Waals surface area contributed by atoms with Gasteiger partial charge in [-0.05, 0) is 19.1 Å². The highest BCUT2D eigenvalue weighted by Crippen LogP contribution is 2.39. The van der Waals surface area contributed by atoms with E-state index < -0.39 is 6.17 Å². The Balaban J connectivity index is 1.72. The number of ether oxygens (including phenoxy) is 2. The van der Waals surface area contributed by atoms with Gasteiger partial charge in [0.25, 0.3) is 0 Å². The standard InChI is InChI=1S/C17H17N5O3/c1-9-3-4-12(25-9)15-20-16(18)21-17-19-10-7-13-14(8-11(10)22(15)17)24-6-2-5-23-13/h3-4,7-8,15H,2,5-6H2,1H3,(H3,18,19,20,21). The Morgan fingerprint density at radius 1 is 1.20 bits per heavy atom. The molecule has 128 valence electrons. The van der Waals surface area contributed by atoms with Crippen LogP contribution in [0.4, 0.5) is 5.95 Å². The average molecular weight is 339 g/mol. The van der Waals surface area contributed by atoms with Crippen molar-refractivity contribution in [3.8, 4) is 11.5 Å². The molecule has 4 heterocycles. The molecule has 0 saturated heterocycles. The van der Waals surface area contributed by atoms with E-state index in [4.69, 9.17) is 19.6 Å². The first kappa shape index (κ1) is 14.2. The first-order valence-electron chi connectivity index (χ1n) is 8.17. The van der Waals surface area contributed by atoms with Gasteiger partial charge in [0.1, 0.15) is 11.5 Å². The molecule has 0 saturated carbocycles. The molecule has 8 nitrogen and oxygen atoms in total. The molecule has 0 fully saturated rings. The minimum atomic E-state index is -0.417. The number of aliphatic imine (C=N–C) groups is 1. The van der Waals surface area contributed by atoms with Crippen molar-refractivity contribution in [2.24, 2.45) is 10.7 Å². The Morgan fingerprint density at radius 2 is 2.00 bits per heavy atom. The summed E-state index contributed by atoms with van der Waals surface area (Å²) >= 11 is 0. The Kier molecular flexibility index (Phi) is 2.94. The number of anilines is 1. The number of imidazole rings is 1. The third-order valence-corrected chi connectivity index (χ3v) is 4.32. The number of nitrogens with one attached hydrogen (secondary N) is 1. The fraction of sp³-hybridized carbons (Fsp3) is 0.294. The van der Waals surface area contributed by atoms with Gasteiger partial charge in [0.15, 0.2) is 23.6 Å². The van der Waals surface area contributed by atoms with Crippen LogP contribution in [0.3, 0.4) is 0 Å². The van der Waals surface area contributed by atoms with E-state index in [9.17, 15) is 0 Å². The second-order valence-corrected chi connectivity index (χ2v) is 6.10. The molecule has 25 heavy (non-hydrogen) atoms. The summed E-state index contributed by atoms with van der Waals surface area (Å²) in [5.74, 6) is 3.86. The van der Waals surface area contributed by atoms with E-state index in [2.05, 4.69) is 15.3 Å². The zero-order chi connectivity index (χ0) is 17.0. The lowest BCUT2D eigenvalue weighted by Crippen LogP contribution is -2.31. The zero-order valence-electron chi connectivity index (χ0n) is 13.7. The van der Waals surface area contributed by atoms with E-state index in [-0.39, 0.29) is 0 Å². The van der Waals surface area contributed by atoms with E-state index in [0.717, 1.165) is 23.2 Å². The van der Waals surface area contributed by atoms with Crippen LogP contribution < -0.4 is 20.5 Å². The minimum Gasteiger partial charge on any atom is -0.489 e. The predicted octanol–water partition coefficient (Wildman–Crippen LogP) is 2.39. The van der Waals surface area contributed by atoms with Gasteiger partial charge < -0.3 is 19.6 Å². The van der Waals surface area contributed by atoms with Gasteiger partial charge in [-0.1, -0.05) is 0 Å². The third-order valence-electron chi connectivity index (χ3n) is 4.32. The summed E-state index contributed by atoms with van der Waals surface area (Å²) < 4.78 is 19.3. The van der Waals surface area contributed by atoms with Crippen LogP contribution in [0.5, 0.6) is 11.5 Å². The van der Waals surface area contributed by atoms with Crippen molar-refractivity contribution in [1.82, 2.24) is 9.55 Å². The lowest BCUT2D eigenvalue weighted by atomic mass is 10.2. The molecule has 0 bridgehead atoms. The normalized spacial score (nSPS) is 19.1. The zero-order valence-corrected chi connectivity index (χ0v) is 13.7. The molecular formula is C17H17N5O3. The molecular weight excluding hydrogens is 322 g/mol. The number of fused-ring (bicyclic) bond motifs is 4. The molecule has 5 rings (SSSR count). The number of furan rings is 1. The van der Waals surface area contributed by atoms with Gasteiger partial charge in [-0.3, -0.25) is 9.88 Å². The Hall–Kier alpha value is -3.16. The summed E-state index contributed by atoms with van der Waals surface area (Å²) in [7, 11) is 0. The maximum absolute atomic E-state index is 5.94. The lowest BCUT2D eigenvalue weighted by molar-refractivity contribution is 0.297. The second-order valence-electron chi connectivity index (χ2n) is 6.10. The molecule has 8 heteroatoms. The Morgan fingerprint density at radius 3 is 2.76 bits per heavy atom. The van der Waals surface area contributed by atoms with Crippen molar-refractivity contribution in [2.45, 2.75) is 19.5 Å². The number of nitrogens with zero attached hydrogens (tertiary/aromatic N) is 3. The lowest BCUT2D eigenvalue weighted by Gasteiger charge is -2.22. The number of hydrogen-bond acceptors (Lipinski definition) is 7. The van der Waals surface area contributed by atoms with Crippen LogP contribution >= 0.6 is 0 Å². The summed E-state index contributed by atoms with van der Waals surface area (Å²) in [5, 5.41) is 3.02. The summed E-state index contributed by atoms with van der Waals surface area (Å²) in [6, 6.07) is 7.64. The minimum absolute atomic E-state index is 0.302. The maximum Gasteiger partial charge on any atom is 0.212 e. The molecule has 0 radical (unpaired) electrons. The molecule has 2 aliphatic rings. The van der Waals surface area contributed by atoms with Crippen LogP contribution in [0.2, 0.25) is 0 Å². The molecule has 3 aromatic rings.